The van der Waals surface area contributed by atoms with Crippen LogP contribution in [0.25, 0.3) is 0 Å². The SMILES string of the molecule is Cc1ccc(C(O)Cn2cc(CO)nn2)cc1. The Morgan fingerprint density at radius 1 is 1.29 bits per heavy atom. The highest BCUT2D eigenvalue weighted by Gasteiger charge is 2.09. The first-order valence-electron chi connectivity index (χ1n) is 5.43. The van der Waals surface area contributed by atoms with E-state index in [-0.39, 0.29) is 6.61 Å². The normalized spacial score (nSPS) is 12.6. The summed E-state index contributed by atoms with van der Waals surface area (Å²) in [6.07, 6.45) is 1.00. The van der Waals surface area contributed by atoms with Gasteiger partial charge >= 0.3 is 0 Å². The van der Waals surface area contributed by atoms with Crippen LogP contribution in [0.5, 0.6) is 0 Å². The molecule has 2 rings (SSSR count). The topological polar surface area (TPSA) is 71.2 Å². The van der Waals surface area contributed by atoms with Crippen LogP contribution in [0.15, 0.2) is 30.5 Å². The van der Waals surface area contributed by atoms with Crippen molar-refractivity contribution in [1.29, 1.82) is 0 Å². The fourth-order valence-corrected chi connectivity index (χ4v) is 1.57. The van der Waals surface area contributed by atoms with Crippen molar-refractivity contribution < 1.29 is 10.2 Å². The van der Waals surface area contributed by atoms with Crippen molar-refractivity contribution in [2.45, 2.75) is 26.2 Å². The average Bonchev–Trinajstić information content (AvgIpc) is 2.77. The molecule has 0 saturated carbocycles. The Bertz CT molecular complexity index is 479. The number of aliphatic hydroxyl groups excluding tert-OH is 2. The van der Waals surface area contributed by atoms with E-state index in [1.165, 1.54) is 4.68 Å². The highest BCUT2D eigenvalue weighted by Crippen LogP contribution is 2.15. The second-order valence-electron chi connectivity index (χ2n) is 4.02. The molecule has 2 aromatic rings. The van der Waals surface area contributed by atoms with Gasteiger partial charge in [-0.15, -0.1) is 5.10 Å². The van der Waals surface area contributed by atoms with Crippen LogP contribution in [0.2, 0.25) is 0 Å². The van der Waals surface area contributed by atoms with Gasteiger partial charge < -0.3 is 10.2 Å². The fraction of sp³-hybridized carbons (Fsp3) is 0.333. The van der Waals surface area contributed by atoms with E-state index in [9.17, 15) is 5.11 Å². The molecule has 1 aromatic heterocycles. The van der Waals surface area contributed by atoms with Crippen LogP contribution in [-0.2, 0) is 13.2 Å². The number of nitrogens with zero attached hydrogens (tertiary/aromatic N) is 3. The Balaban J connectivity index is 2.05. The lowest BCUT2D eigenvalue weighted by atomic mass is 10.1. The molecule has 5 nitrogen and oxygen atoms in total. The van der Waals surface area contributed by atoms with Crippen LogP contribution in [0.1, 0.15) is 22.9 Å². The molecule has 1 unspecified atom stereocenters. The van der Waals surface area contributed by atoms with Crippen molar-refractivity contribution in [2.75, 3.05) is 0 Å². The largest absolute Gasteiger partial charge is 0.390 e. The predicted octanol–water partition coefficient (Wildman–Crippen LogP) is 0.812. The summed E-state index contributed by atoms with van der Waals surface area (Å²) in [6, 6.07) is 7.70. The monoisotopic (exact) mass is 233 g/mol. The zero-order valence-electron chi connectivity index (χ0n) is 9.61. The van der Waals surface area contributed by atoms with Crippen LogP contribution >= 0.6 is 0 Å². The van der Waals surface area contributed by atoms with E-state index in [0.29, 0.717) is 12.2 Å². The van der Waals surface area contributed by atoms with Gasteiger partial charge in [0.05, 0.1) is 25.5 Å². The molecule has 0 saturated heterocycles. The van der Waals surface area contributed by atoms with E-state index in [4.69, 9.17) is 5.11 Å². The first kappa shape index (κ1) is 11.8. The fourth-order valence-electron chi connectivity index (χ4n) is 1.57. The average molecular weight is 233 g/mol. The lowest BCUT2D eigenvalue weighted by Crippen LogP contribution is -2.09. The Hall–Kier alpha value is -1.72. The molecular formula is C12H15N3O2. The number of hydrogen-bond acceptors (Lipinski definition) is 4. The summed E-state index contributed by atoms with van der Waals surface area (Å²) in [6.45, 7) is 2.19. The third-order valence-electron chi connectivity index (χ3n) is 2.57. The molecule has 5 heteroatoms. The van der Waals surface area contributed by atoms with Crippen LogP contribution in [0.4, 0.5) is 0 Å². The standard InChI is InChI=1S/C12H15N3O2/c1-9-2-4-10(5-3-9)12(17)7-15-6-11(8-16)13-14-15/h2-6,12,16-17H,7-8H2,1H3. The Morgan fingerprint density at radius 3 is 2.59 bits per heavy atom. The van der Waals surface area contributed by atoms with Gasteiger partial charge in [-0.3, -0.25) is 0 Å². The number of hydrogen-bond donors (Lipinski definition) is 2. The zero-order valence-corrected chi connectivity index (χ0v) is 9.61. The minimum atomic E-state index is -0.621. The van der Waals surface area contributed by atoms with Gasteiger partial charge in [0.2, 0.25) is 0 Å². The van der Waals surface area contributed by atoms with Gasteiger partial charge in [-0.25, -0.2) is 4.68 Å². The molecule has 0 radical (unpaired) electrons. The third kappa shape index (κ3) is 2.89. The molecule has 2 N–H and O–H groups in total. The number of rotatable bonds is 4. The van der Waals surface area contributed by atoms with Crippen molar-refractivity contribution in [2.24, 2.45) is 0 Å². The Kier molecular flexibility index (Phi) is 3.51. The summed E-state index contributed by atoms with van der Waals surface area (Å²) in [4.78, 5) is 0. The van der Waals surface area contributed by atoms with E-state index < -0.39 is 6.10 Å². The second kappa shape index (κ2) is 5.07. The van der Waals surface area contributed by atoms with E-state index in [0.717, 1.165) is 11.1 Å². The molecule has 90 valence electrons. The van der Waals surface area contributed by atoms with Crippen LogP contribution in [0, 0.1) is 6.92 Å². The summed E-state index contributed by atoms with van der Waals surface area (Å²) >= 11 is 0. The smallest absolute Gasteiger partial charge is 0.108 e. The maximum absolute atomic E-state index is 10.00. The molecule has 17 heavy (non-hydrogen) atoms. The molecule has 1 atom stereocenters. The second-order valence-corrected chi connectivity index (χ2v) is 4.02. The van der Waals surface area contributed by atoms with E-state index in [2.05, 4.69) is 10.3 Å². The third-order valence-corrected chi connectivity index (χ3v) is 2.57. The van der Waals surface area contributed by atoms with Crippen molar-refractivity contribution in [1.82, 2.24) is 15.0 Å². The summed E-state index contributed by atoms with van der Waals surface area (Å²) in [5, 5.41) is 26.4. The minimum Gasteiger partial charge on any atom is -0.390 e. The molecule has 1 heterocycles. The molecular weight excluding hydrogens is 218 g/mol. The first-order valence-corrected chi connectivity index (χ1v) is 5.43. The van der Waals surface area contributed by atoms with Gasteiger partial charge in [0.15, 0.2) is 0 Å². The zero-order chi connectivity index (χ0) is 12.3. The van der Waals surface area contributed by atoms with Gasteiger partial charge in [-0.2, -0.15) is 0 Å². The van der Waals surface area contributed by atoms with Crippen molar-refractivity contribution >= 4 is 0 Å². The molecule has 0 aliphatic heterocycles. The van der Waals surface area contributed by atoms with Gasteiger partial charge in [0, 0.05) is 0 Å². The minimum absolute atomic E-state index is 0.138. The van der Waals surface area contributed by atoms with Gasteiger partial charge in [0.1, 0.15) is 5.69 Å². The van der Waals surface area contributed by atoms with Crippen LogP contribution in [-0.4, -0.2) is 25.2 Å². The highest BCUT2D eigenvalue weighted by atomic mass is 16.3. The molecule has 0 bridgehead atoms. The quantitative estimate of drug-likeness (QED) is 0.820. The summed E-state index contributed by atoms with van der Waals surface area (Å²) in [7, 11) is 0. The summed E-state index contributed by atoms with van der Waals surface area (Å²) < 4.78 is 1.52. The molecule has 0 amide bonds. The highest BCUT2D eigenvalue weighted by molar-refractivity contribution is 5.22. The van der Waals surface area contributed by atoms with Crippen LogP contribution in [0.3, 0.4) is 0 Å². The van der Waals surface area contributed by atoms with E-state index >= 15 is 0 Å². The lowest BCUT2D eigenvalue weighted by molar-refractivity contribution is 0.150. The molecule has 0 aliphatic rings. The number of aromatic nitrogens is 3. The van der Waals surface area contributed by atoms with Gasteiger partial charge in [-0.1, -0.05) is 35.0 Å². The molecule has 0 spiro atoms. The Morgan fingerprint density at radius 2 is 2.00 bits per heavy atom. The maximum Gasteiger partial charge on any atom is 0.108 e. The van der Waals surface area contributed by atoms with Crippen molar-refractivity contribution in [3.8, 4) is 0 Å². The van der Waals surface area contributed by atoms with Crippen LogP contribution < -0.4 is 0 Å². The molecule has 1 aromatic carbocycles. The summed E-state index contributed by atoms with van der Waals surface area (Å²) in [5.41, 5.74) is 2.50. The number of aryl methyl sites for hydroxylation is 1. The lowest BCUT2D eigenvalue weighted by Gasteiger charge is -2.10. The maximum atomic E-state index is 10.00. The van der Waals surface area contributed by atoms with Crippen molar-refractivity contribution in [3.05, 3.63) is 47.3 Å². The predicted molar refractivity (Wildman–Crippen MR) is 62.1 cm³/mol. The Labute approximate surface area is 99.3 Å². The van der Waals surface area contributed by atoms with Crippen molar-refractivity contribution in [3.63, 3.8) is 0 Å². The van der Waals surface area contributed by atoms with Gasteiger partial charge in [0.25, 0.3) is 0 Å². The molecule has 0 aliphatic carbocycles. The first-order chi connectivity index (χ1) is 8.19. The molecule has 0 fully saturated rings. The van der Waals surface area contributed by atoms with E-state index in [1.54, 1.807) is 6.20 Å². The van der Waals surface area contributed by atoms with E-state index in [1.807, 2.05) is 31.2 Å². The van der Waals surface area contributed by atoms with Gasteiger partial charge in [-0.05, 0) is 12.5 Å². The number of benzene rings is 1. The number of aliphatic hydroxyl groups is 2. The summed E-state index contributed by atoms with van der Waals surface area (Å²) in [5.74, 6) is 0.